The van der Waals surface area contributed by atoms with Crippen LogP contribution in [0.25, 0.3) is 10.1 Å². The van der Waals surface area contributed by atoms with Crippen LogP contribution in [0.4, 0.5) is 14.5 Å². The molecule has 0 spiro atoms. The molecule has 14 heavy (non-hydrogen) atoms. The number of alkyl halides is 2. The van der Waals surface area contributed by atoms with Crippen LogP contribution >= 0.6 is 27.3 Å². The van der Waals surface area contributed by atoms with Gasteiger partial charge in [0, 0.05) is 15.8 Å². The minimum absolute atomic E-state index is 0.00287. The van der Waals surface area contributed by atoms with Gasteiger partial charge in [0.1, 0.15) is 0 Å². The van der Waals surface area contributed by atoms with Crippen molar-refractivity contribution in [2.75, 3.05) is 5.73 Å². The number of fused-ring (bicyclic) bond motifs is 1. The Bertz CT molecular complexity index is 481. The summed E-state index contributed by atoms with van der Waals surface area (Å²) in [5, 5.41) is 0.472. The largest absolute Gasteiger partial charge is 0.398 e. The minimum Gasteiger partial charge on any atom is -0.398 e. The second kappa shape index (κ2) is 3.47. The number of hydrogen-bond acceptors (Lipinski definition) is 2. The first-order valence-corrected chi connectivity index (χ1v) is 5.46. The molecule has 0 unspecified atom stereocenters. The molecule has 0 aliphatic rings. The van der Waals surface area contributed by atoms with E-state index < -0.39 is 6.43 Å². The molecule has 0 atom stereocenters. The number of thiophene rings is 1. The van der Waals surface area contributed by atoms with Crippen molar-refractivity contribution >= 4 is 43.0 Å². The molecule has 0 amide bonds. The van der Waals surface area contributed by atoms with E-state index in [0.717, 1.165) is 4.70 Å². The fourth-order valence-corrected chi connectivity index (χ4v) is 3.23. The Kier molecular flexibility index (Phi) is 2.45. The van der Waals surface area contributed by atoms with Crippen molar-refractivity contribution in [3.8, 4) is 0 Å². The molecule has 2 rings (SSSR count). The van der Waals surface area contributed by atoms with Crippen LogP contribution in [0, 0.1) is 0 Å². The fourth-order valence-electron chi connectivity index (χ4n) is 1.37. The summed E-state index contributed by atoms with van der Waals surface area (Å²) in [6.45, 7) is 0. The normalized spacial score (nSPS) is 11.4. The van der Waals surface area contributed by atoms with Gasteiger partial charge in [0.25, 0.3) is 6.43 Å². The summed E-state index contributed by atoms with van der Waals surface area (Å²) < 4.78 is 26.6. The van der Waals surface area contributed by atoms with Gasteiger partial charge in [-0.3, -0.25) is 0 Å². The highest BCUT2D eigenvalue weighted by Crippen LogP contribution is 2.43. The van der Waals surface area contributed by atoms with Crippen molar-refractivity contribution < 1.29 is 8.78 Å². The zero-order chi connectivity index (χ0) is 10.3. The Balaban J connectivity index is 2.86. The van der Waals surface area contributed by atoms with Crippen LogP contribution in [0.5, 0.6) is 0 Å². The molecule has 0 radical (unpaired) electrons. The fraction of sp³-hybridized carbons (Fsp3) is 0.111. The number of hydrogen-bond donors (Lipinski definition) is 1. The van der Waals surface area contributed by atoms with Crippen molar-refractivity contribution in [2.45, 2.75) is 6.43 Å². The average Bonchev–Trinajstić information content (AvgIpc) is 2.42. The van der Waals surface area contributed by atoms with Gasteiger partial charge in [-0.05, 0) is 28.1 Å². The van der Waals surface area contributed by atoms with Crippen LogP contribution in [0.3, 0.4) is 0 Å². The summed E-state index contributed by atoms with van der Waals surface area (Å²) in [5.41, 5.74) is 6.07. The number of benzene rings is 1. The van der Waals surface area contributed by atoms with Crippen molar-refractivity contribution in [1.29, 1.82) is 0 Å². The van der Waals surface area contributed by atoms with E-state index in [9.17, 15) is 8.78 Å². The monoisotopic (exact) mass is 277 g/mol. The number of nitrogens with two attached hydrogens (primary N) is 1. The zero-order valence-electron chi connectivity index (χ0n) is 6.93. The van der Waals surface area contributed by atoms with Gasteiger partial charge >= 0.3 is 0 Å². The summed E-state index contributed by atoms with van der Waals surface area (Å²) in [6.07, 6.45) is -2.50. The van der Waals surface area contributed by atoms with E-state index in [-0.39, 0.29) is 5.56 Å². The van der Waals surface area contributed by atoms with E-state index in [1.54, 1.807) is 18.2 Å². The van der Waals surface area contributed by atoms with Crippen molar-refractivity contribution in [3.05, 3.63) is 27.5 Å². The smallest absolute Gasteiger partial charge is 0.266 e. The van der Waals surface area contributed by atoms with E-state index in [4.69, 9.17) is 5.73 Å². The molecule has 0 saturated heterocycles. The molecule has 1 nitrogen and oxygen atoms in total. The van der Waals surface area contributed by atoms with Crippen LogP contribution < -0.4 is 5.73 Å². The Hall–Kier alpha value is -0.680. The third kappa shape index (κ3) is 1.40. The SMILES string of the molecule is Nc1cccc2sc(Br)c(C(F)F)c12. The molecule has 2 aromatic rings. The second-order valence-corrected chi connectivity index (χ2v) is 5.18. The van der Waals surface area contributed by atoms with Gasteiger partial charge in [-0.15, -0.1) is 11.3 Å². The molecule has 0 saturated carbocycles. The lowest BCUT2D eigenvalue weighted by Crippen LogP contribution is -1.89. The first kappa shape index (κ1) is 9.86. The Morgan fingerprint density at radius 3 is 2.71 bits per heavy atom. The maximum absolute atomic E-state index is 12.7. The Morgan fingerprint density at radius 2 is 2.07 bits per heavy atom. The third-order valence-corrected chi connectivity index (χ3v) is 3.83. The van der Waals surface area contributed by atoms with E-state index in [1.165, 1.54) is 11.3 Å². The second-order valence-electron chi connectivity index (χ2n) is 2.81. The molecule has 74 valence electrons. The quantitative estimate of drug-likeness (QED) is 0.778. The molecule has 0 aliphatic carbocycles. The molecular weight excluding hydrogens is 272 g/mol. The third-order valence-electron chi connectivity index (χ3n) is 1.96. The molecule has 5 heteroatoms. The highest BCUT2D eigenvalue weighted by Gasteiger charge is 2.20. The van der Waals surface area contributed by atoms with Crippen molar-refractivity contribution in [2.24, 2.45) is 0 Å². The van der Waals surface area contributed by atoms with Crippen LogP contribution in [0.2, 0.25) is 0 Å². The summed E-state index contributed by atoms with van der Waals surface area (Å²) in [6, 6.07) is 5.18. The number of anilines is 1. The van der Waals surface area contributed by atoms with E-state index >= 15 is 0 Å². The van der Waals surface area contributed by atoms with E-state index in [2.05, 4.69) is 15.9 Å². The standard InChI is InChI=1S/C9H6BrF2NS/c10-8-7(9(11)12)6-4(13)2-1-3-5(6)14-8/h1-3,9H,13H2. The molecule has 0 aliphatic heterocycles. The van der Waals surface area contributed by atoms with Gasteiger partial charge in [-0.25, -0.2) is 8.78 Å². The predicted molar refractivity (Wildman–Crippen MR) is 58.9 cm³/mol. The lowest BCUT2D eigenvalue weighted by Gasteiger charge is -2.00. The lowest BCUT2D eigenvalue weighted by molar-refractivity contribution is 0.153. The molecule has 0 fully saturated rings. The molecule has 1 heterocycles. The summed E-state index contributed by atoms with van der Waals surface area (Å²) in [7, 11) is 0. The van der Waals surface area contributed by atoms with E-state index in [1.807, 2.05) is 0 Å². The maximum Gasteiger partial charge on any atom is 0.266 e. The minimum atomic E-state index is -2.50. The molecule has 1 aromatic carbocycles. The molecular formula is C9H6BrF2NS. The van der Waals surface area contributed by atoms with Gasteiger partial charge in [0.15, 0.2) is 0 Å². The van der Waals surface area contributed by atoms with Crippen molar-refractivity contribution in [1.82, 2.24) is 0 Å². The highest BCUT2D eigenvalue weighted by atomic mass is 79.9. The first-order chi connectivity index (χ1) is 6.61. The van der Waals surface area contributed by atoms with Crippen LogP contribution in [-0.4, -0.2) is 0 Å². The van der Waals surface area contributed by atoms with Crippen molar-refractivity contribution in [3.63, 3.8) is 0 Å². The van der Waals surface area contributed by atoms with Crippen LogP contribution in [0.1, 0.15) is 12.0 Å². The molecule has 1 aromatic heterocycles. The first-order valence-electron chi connectivity index (χ1n) is 3.86. The molecule has 2 N–H and O–H groups in total. The summed E-state index contributed by atoms with van der Waals surface area (Å²) in [5.74, 6) is 0. The van der Waals surface area contributed by atoms with Gasteiger partial charge in [0.05, 0.1) is 9.35 Å². The summed E-state index contributed by atoms with van der Waals surface area (Å²) >= 11 is 4.41. The van der Waals surface area contributed by atoms with Gasteiger partial charge in [0.2, 0.25) is 0 Å². The molecule has 0 bridgehead atoms. The number of nitrogen functional groups attached to an aromatic ring is 1. The van der Waals surface area contributed by atoms with Gasteiger partial charge in [-0.1, -0.05) is 6.07 Å². The predicted octanol–water partition coefficient (Wildman–Crippen LogP) is 4.18. The number of rotatable bonds is 1. The average molecular weight is 278 g/mol. The van der Waals surface area contributed by atoms with Gasteiger partial charge < -0.3 is 5.73 Å². The number of halogens is 3. The maximum atomic E-state index is 12.7. The Morgan fingerprint density at radius 1 is 1.36 bits per heavy atom. The van der Waals surface area contributed by atoms with Crippen LogP contribution in [0.15, 0.2) is 22.0 Å². The van der Waals surface area contributed by atoms with Crippen LogP contribution in [-0.2, 0) is 0 Å². The summed E-state index contributed by atoms with van der Waals surface area (Å²) in [4.78, 5) is 0. The zero-order valence-corrected chi connectivity index (χ0v) is 9.33. The topological polar surface area (TPSA) is 26.0 Å². The van der Waals surface area contributed by atoms with Gasteiger partial charge in [-0.2, -0.15) is 0 Å². The lowest BCUT2D eigenvalue weighted by atomic mass is 10.1. The highest BCUT2D eigenvalue weighted by molar-refractivity contribution is 9.11. The van der Waals surface area contributed by atoms with E-state index in [0.29, 0.717) is 14.9 Å². The Labute approximate surface area is 91.7 Å².